The van der Waals surface area contributed by atoms with Crippen LogP contribution in [0, 0.1) is 0 Å². The van der Waals surface area contributed by atoms with Crippen LogP contribution < -0.4 is 0 Å². The van der Waals surface area contributed by atoms with Gasteiger partial charge in [0.25, 0.3) is 0 Å². The van der Waals surface area contributed by atoms with Crippen LogP contribution in [0.4, 0.5) is 4.79 Å². The zero-order valence-electron chi connectivity index (χ0n) is 17.2. The van der Waals surface area contributed by atoms with Crippen molar-refractivity contribution < 1.29 is 19.1 Å². The lowest BCUT2D eigenvalue weighted by atomic mass is 9.68. The molecular formula is C24H26ClNO4. The smallest absolute Gasteiger partial charge is 0.417 e. The topological polar surface area (TPSA) is 55.8 Å². The molecule has 158 valence electrons. The molecule has 5 nitrogen and oxygen atoms in total. The molecule has 2 saturated heterocycles. The minimum Gasteiger partial charge on any atom is -0.446 e. The summed E-state index contributed by atoms with van der Waals surface area (Å²) in [4.78, 5) is 27.3. The number of rotatable bonds is 4. The molecule has 2 aromatic carbocycles. The van der Waals surface area contributed by atoms with Crippen molar-refractivity contribution in [3.63, 3.8) is 0 Å². The van der Waals surface area contributed by atoms with Gasteiger partial charge in [0, 0.05) is 16.9 Å². The number of benzene rings is 2. The van der Waals surface area contributed by atoms with Gasteiger partial charge in [0.15, 0.2) is 0 Å². The fraction of sp³-hybridized carbons (Fsp3) is 0.417. The van der Waals surface area contributed by atoms with Crippen LogP contribution in [-0.2, 0) is 19.7 Å². The predicted octanol–water partition coefficient (Wildman–Crippen LogP) is 5.28. The van der Waals surface area contributed by atoms with Crippen molar-refractivity contribution in [1.82, 2.24) is 4.90 Å². The number of hydrogen-bond acceptors (Lipinski definition) is 4. The zero-order chi connectivity index (χ0) is 21.3. The molecule has 0 aliphatic carbocycles. The number of carbonyl (C=O) groups is 2. The average molecular weight is 428 g/mol. The van der Waals surface area contributed by atoms with E-state index >= 15 is 0 Å². The van der Waals surface area contributed by atoms with Crippen LogP contribution in [0.2, 0.25) is 5.02 Å². The molecular weight excluding hydrogens is 402 g/mol. The maximum Gasteiger partial charge on any atom is 0.417 e. The van der Waals surface area contributed by atoms with Gasteiger partial charge in [0.1, 0.15) is 12.6 Å². The standard InChI is InChI=1S/C24H26ClNO4/c1-16-12-24(13-17(2)30-16,19-8-10-20(25)11-9-19)14-22(27)26-21(15-29-23(26)28)18-6-4-3-5-7-18/h3-11,16-17,21H,12-15H2,1-2H3/t16-,17+,21?,24?. The SMILES string of the molecule is C[C@@H]1CC(CC(=O)N2C(=O)OCC2c2ccccc2)(c2ccc(Cl)cc2)C[C@H](C)O1. The van der Waals surface area contributed by atoms with Gasteiger partial charge < -0.3 is 9.47 Å². The van der Waals surface area contributed by atoms with E-state index in [0.29, 0.717) is 17.9 Å². The van der Waals surface area contributed by atoms with E-state index in [1.165, 1.54) is 4.90 Å². The van der Waals surface area contributed by atoms with Crippen LogP contribution in [0.5, 0.6) is 0 Å². The maximum absolute atomic E-state index is 13.5. The molecule has 0 spiro atoms. The van der Waals surface area contributed by atoms with E-state index in [1.807, 2.05) is 68.4 Å². The Hall–Kier alpha value is -2.37. The molecule has 2 heterocycles. The fourth-order valence-electron chi connectivity index (χ4n) is 4.95. The van der Waals surface area contributed by atoms with Crippen molar-refractivity contribution in [2.24, 2.45) is 0 Å². The molecule has 0 bridgehead atoms. The van der Waals surface area contributed by atoms with Gasteiger partial charge >= 0.3 is 6.09 Å². The average Bonchev–Trinajstić information content (AvgIpc) is 3.10. The summed E-state index contributed by atoms with van der Waals surface area (Å²) >= 11 is 6.11. The number of amides is 2. The molecule has 4 rings (SSSR count). The Bertz CT molecular complexity index is 905. The van der Waals surface area contributed by atoms with E-state index in [-0.39, 0.29) is 31.1 Å². The summed E-state index contributed by atoms with van der Waals surface area (Å²) in [6, 6.07) is 16.8. The Kier molecular flexibility index (Phi) is 5.85. The van der Waals surface area contributed by atoms with Crippen LogP contribution in [0.25, 0.3) is 0 Å². The number of imide groups is 1. The summed E-state index contributed by atoms with van der Waals surface area (Å²) in [5.74, 6) is -0.220. The third-order valence-corrected chi connectivity index (χ3v) is 6.35. The Labute approximate surface area is 181 Å². The number of hydrogen-bond donors (Lipinski definition) is 0. The van der Waals surface area contributed by atoms with Crippen LogP contribution in [0.3, 0.4) is 0 Å². The minimum atomic E-state index is -0.576. The Morgan fingerprint density at radius 1 is 1.07 bits per heavy atom. The van der Waals surface area contributed by atoms with E-state index in [9.17, 15) is 9.59 Å². The number of nitrogens with zero attached hydrogens (tertiary/aromatic N) is 1. The highest BCUT2D eigenvalue weighted by atomic mass is 35.5. The summed E-state index contributed by atoms with van der Waals surface area (Å²) < 4.78 is 11.2. The second-order valence-electron chi connectivity index (χ2n) is 8.40. The quantitative estimate of drug-likeness (QED) is 0.666. The molecule has 2 aliphatic rings. The lowest BCUT2D eigenvalue weighted by Crippen LogP contribution is -2.46. The largest absolute Gasteiger partial charge is 0.446 e. The van der Waals surface area contributed by atoms with E-state index in [4.69, 9.17) is 21.1 Å². The molecule has 2 aliphatic heterocycles. The molecule has 2 unspecified atom stereocenters. The first-order valence-electron chi connectivity index (χ1n) is 10.3. The Morgan fingerprint density at radius 3 is 2.33 bits per heavy atom. The second kappa shape index (κ2) is 8.40. The van der Waals surface area contributed by atoms with Crippen molar-refractivity contribution in [3.05, 3.63) is 70.7 Å². The predicted molar refractivity (Wildman–Crippen MR) is 114 cm³/mol. The first-order chi connectivity index (χ1) is 14.4. The summed E-state index contributed by atoms with van der Waals surface area (Å²) in [5.41, 5.74) is 1.51. The number of ether oxygens (including phenoxy) is 2. The highest BCUT2D eigenvalue weighted by Crippen LogP contribution is 2.44. The number of halogens is 1. The molecule has 0 saturated carbocycles. The van der Waals surface area contributed by atoms with Gasteiger partial charge in [-0.05, 0) is 49.9 Å². The molecule has 0 radical (unpaired) electrons. The van der Waals surface area contributed by atoms with Crippen molar-refractivity contribution in [2.45, 2.75) is 56.8 Å². The summed E-state index contributed by atoms with van der Waals surface area (Å²) in [7, 11) is 0. The second-order valence-corrected chi connectivity index (χ2v) is 8.83. The molecule has 0 N–H and O–H groups in total. The van der Waals surface area contributed by atoms with E-state index in [2.05, 4.69) is 0 Å². The van der Waals surface area contributed by atoms with Crippen molar-refractivity contribution in [2.75, 3.05) is 6.61 Å². The minimum absolute atomic E-state index is 0.00711. The van der Waals surface area contributed by atoms with E-state index in [0.717, 1.165) is 11.1 Å². The third kappa shape index (κ3) is 4.09. The number of carbonyl (C=O) groups excluding carboxylic acids is 2. The van der Waals surface area contributed by atoms with Gasteiger partial charge in [-0.3, -0.25) is 4.79 Å². The third-order valence-electron chi connectivity index (χ3n) is 6.09. The summed E-state index contributed by atoms with van der Waals surface area (Å²) in [6.07, 6.45) is 1.05. The van der Waals surface area contributed by atoms with Crippen LogP contribution in [0.1, 0.15) is 50.3 Å². The zero-order valence-corrected chi connectivity index (χ0v) is 18.0. The lowest BCUT2D eigenvalue weighted by Gasteiger charge is -2.43. The van der Waals surface area contributed by atoms with Crippen LogP contribution in [0.15, 0.2) is 54.6 Å². The first-order valence-corrected chi connectivity index (χ1v) is 10.7. The van der Waals surface area contributed by atoms with Gasteiger partial charge in [0.05, 0.1) is 12.2 Å². The highest BCUT2D eigenvalue weighted by molar-refractivity contribution is 6.30. The molecule has 6 heteroatoms. The van der Waals surface area contributed by atoms with E-state index in [1.54, 1.807) is 0 Å². The first kappa shape index (κ1) is 20.9. The van der Waals surface area contributed by atoms with Crippen molar-refractivity contribution in [1.29, 1.82) is 0 Å². The molecule has 0 aromatic heterocycles. The molecule has 2 aromatic rings. The van der Waals surface area contributed by atoms with Gasteiger partial charge in [-0.15, -0.1) is 0 Å². The van der Waals surface area contributed by atoms with Crippen molar-refractivity contribution >= 4 is 23.6 Å². The Balaban J connectivity index is 1.66. The monoisotopic (exact) mass is 427 g/mol. The number of cyclic esters (lactones) is 1. The molecule has 4 atom stereocenters. The van der Waals surface area contributed by atoms with Gasteiger partial charge in [-0.2, -0.15) is 0 Å². The van der Waals surface area contributed by atoms with Gasteiger partial charge in [-0.1, -0.05) is 54.1 Å². The molecule has 2 amide bonds. The van der Waals surface area contributed by atoms with Gasteiger partial charge in [-0.25, -0.2) is 9.69 Å². The summed E-state index contributed by atoms with van der Waals surface area (Å²) in [5, 5.41) is 0.653. The van der Waals surface area contributed by atoms with Crippen molar-refractivity contribution in [3.8, 4) is 0 Å². The normalized spacial score (nSPS) is 29.0. The van der Waals surface area contributed by atoms with E-state index < -0.39 is 17.6 Å². The highest BCUT2D eigenvalue weighted by Gasteiger charge is 2.46. The molecule has 2 fully saturated rings. The van der Waals surface area contributed by atoms with Crippen LogP contribution in [-0.4, -0.2) is 35.7 Å². The Morgan fingerprint density at radius 2 is 1.70 bits per heavy atom. The summed E-state index contributed by atoms with van der Waals surface area (Å²) in [6.45, 7) is 4.24. The fourth-order valence-corrected chi connectivity index (χ4v) is 5.08. The molecule has 30 heavy (non-hydrogen) atoms. The van der Waals surface area contributed by atoms with Gasteiger partial charge in [0.2, 0.25) is 5.91 Å². The maximum atomic E-state index is 13.5. The lowest BCUT2D eigenvalue weighted by molar-refractivity contribution is -0.133. The van der Waals surface area contributed by atoms with Crippen LogP contribution >= 0.6 is 11.6 Å².